The summed E-state index contributed by atoms with van der Waals surface area (Å²) in [6.45, 7) is 12.4. The number of hydrogen-bond acceptors (Lipinski definition) is 4. The second-order valence-corrected chi connectivity index (χ2v) is 7.22. The predicted molar refractivity (Wildman–Crippen MR) is 98.2 cm³/mol. The van der Waals surface area contributed by atoms with Crippen LogP contribution in [0.4, 0.5) is 0 Å². The van der Waals surface area contributed by atoms with E-state index in [0.29, 0.717) is 6.67 Å². The third-order valence-electron chi connectivity index (χ3n) is 4.87. The van der Waals surface area contributed by atoms with Crippen LogP contribution in [-0.4, -0.2) is 52.3 Å². The lowest BCUT2D eigenvalue weighted by Gasteiger charge is -2.34. The maximum Gasteiger partial charge on any atom is 0.275 e. The van der Waals surface area contributed by atoms with Gasteiger partial charge in [-0.1, -0.05) is 32.0 Å². The molecule has 0 aliphatic carbocycles. The van der Waals surface area contributed by atoms with Gasteiger partial charge in [0.1, 0.15) is 0 Å². The Bertz CT molecular complexity index is 745. The summed E-state index contributed by atoms with van der Waals surface area (Å²) in [5.74, 6) is 0.756. The number of nitrogens with zero attached hydrogens (tertiary/aromatic N) is 4. The van der Waals surface area contributed by atoms with Crippen molar-refractivity contribution in [3.63, 3.8) is 0 Å². The van der Waals surface area contributed by atoms with E-state index in [4.69, 9.17) is 0 Å². The Balaban J connectivity index is 1.66. The van der Waals surface area contributed by atoms with Crippen LogP contribution < -0.4 is 5.56 Å². The van der Waals surface area contributed by atoms with E-state index in [-0.39, 0.29) is 5.56 Å². The molecular weight excluding hydrogens is 300 g/mol. The molecule has 1 fully saturated rings. The second kappa shape index (κ2) is 7.45. The smallest absolute Gasteiger partial charge is 0.275 e. The van der Waals surface area contributed by atoms with Gasteiger partial charge in [-0.05, 0) is 31.9 Å². The molecule has 1 aliphatic rings. The third kappa shape index (κ3) is 3.84. The number of aryl methyl sites for hydroxylation is 1. The van der Waals surface area contributed by atoms with Crippen LogP contribution >= 0.6 is 0 Å². The van der Waals surface area contributed by atoms with Gasteiger partial charge in [0.05, 0.1) is 17.7 Å². The topological polar surface area (TPSA) is 41.4 Å². The van der Waals surface area contributed by atoms with Gasteiger partial charge in [0.2, 0.25) is 0 Å². The van der Waals surface area contributed by atoms with Crippen LogP contribution in [0.3, 0.4) is 0 Å². The van der Waals surface area contributed by atoms with E-state index >= 15 is 0 Å². The predicted octanol–water partition coefficient (Wildman–Crippen LogP) is 2.33. The summed E-state index contributed by atoms with van der Waals surface area (Å²) in [6.07, 6.45) is 1.25. The fourth-order valence-corrected chi connectivity index (χ4v) is 3.28. The number of fused-ring (bicyclic) bond motifs is 1. The molecule has 0 unspecified atom stereocenters. The maximum absolute atomic E-state index is 12.7. The van der Waals surface area contributed by atoms with Crippen LogP contribution in [0.2, 0.25) is 0 Å². The highest BCUT2D eigenvalue weighted by molar-refractivity contribution is 5.83. The van der Waals surface area contributed by atoms with Crippen molar-refractivity contribution in [3.05, 3.63) is 40.3 Å². The number of hydrogen-bond donors (Lipinski definition) is 0. The highest BCUT2D eigenvalue weighted by atomic mass is 16.1. The van der Waals surface area contributed by atoms with Gasteiger partial charge in [-0.15, -0.1) is 0 Å². The van der Waals surface area contributed by atoms with E-state index in [1.807, 2.05) is 31.2 Å². The third-order valence-corrected chi connectivity index (χ3v) is 4.87. The van der Waals surface area contributed by atoms with Crippen LogP contribution in [0, 0.1) is 12.8 Å². The molecule has 1 aromatic carbocycles. The summed E-state index contributed by atoms with van der Waals surface area (Å²) in [5, 5.41) is 6.24. The number of piperazine rings is 1. The molecule has 1 aliphatic heterocycles. The lowest BCUT2D eigenvalue weighted by atomic mass is 10.1. The molecule has 5 heteroatoms. The molecule has 0 atom stereocenters. The SMILES string of the molecule is Cc1nn(CN2CCN(CCC(C)C)CC2)c(=O)c2ccccc12. The van der Waals surface area contributed by atoms with E-state index in [0.717, 1.165) is 48.6 Å². The van der Waals surface area contributed by atoms with Gasteiger partial charge in [0.15, 0.2) is 0 Å². The van der Waals surface area contributed by atoms with Crippen molar-refractivity contribution in [1.29, 1.82) is 0 Å². The molecule has 1 saturated heterocycles. The lowest BCUT2D eigenvalue weighted by Crippen LogP contribution is -2.48. The molecule has 130 valence electrons. The van der Waals surface area contributed by atoms with Gasteiger partial charge in [-0.25, -0.2) is 4.68 Å². The van der Waals surface area contributed by atoms with Crippen LogP contribution in [-0.2, 0) is 6.67 Å². The van der Waals surface area contributed by atoms with Gasteiger partial charge in [-0.2, -0.15) is 5.10 Å². The van der Waals surface area contributed by atoms with Crippen molar-refractivity contribution in [2.45, 2.75) is 33.9 Å². The molecule has 0 spiro atoms. The Kier molecular flexibility index (Phi) is 5.31. The van der Waals surface area contributed by atoms with Crippen molar-refractivity contribution < 1.29 is 0 Å². The Morgan fingerprint density at radius 2 is 1.67 bits per heavy atom. The molecule has 0 N–H and O–H groups in total. The first-order chi connectivity index (χ1) is 11.5. The van der Waals surface area contributed by atoms with Crippen molar-refractivity contribution in [2.24, 2.45) is 5.92 Å². The van der Waals surface area contributed by atoms with Crippen LogP contribution in [0.5, 0.6) is 0 Å². The number of aromatic nitrogens is 2. The van der Waals surface area contributed by atoms with Gasteiger partial charge in [-0.3, -0.25) is 9.69 Å². The Labute approximate surface area is 143 Å². The quantitative estimate of drug-likeness (QED) is 0.845. The van der Waals surface area contributed by atoms with E-state index in [1.165, 1.54) is 13.0 Å². The zero-order chi connectivity index (χ0) is 17.1. The van der Waals surface area contributed by atoms with Crippen LogP contribution in [0.25, 0.3) is 10.8 Å². The van der Waals surface area contributed by atoms with Crippen LogP contribution in [0.1, 0.15) is 26.0 Å². The molecular formula is C19H28N4O. The summed E-state index contributed by atoms with van der Waals surface area (Å²) in [7, 11) is 0. The van der Waals surface area contributed by atoms with E-state index < -0.39 is 0 Å². The van der Waals surface area contributed by atoms with Gasteiger partial charge >= 0.3 is 0 Å². The monoisotopic (exact) mass is 328 g/mol. The molecule has 0 saturated carbocycles. The molecule has 2 heterocycles. The molecule has 2 aromatic rings. The van der Waals surface area contributed by atoms with Gasteiger partial charge < -0.3 is 4.90 Å². The maximum atomic E-state index is 12.7. The van der Waals surface area contributed by atoms with Gasteiger partial charge in [0, 0.05) is 31.6 Å². The molecule has 3 rings (SSSR count). The van der Waals surface area contributed by atoms with Crippen molar-refractivity contribution >= 4 is 10.8 Å². The molecule has 0 radical (unpaired) electrons. The minimum Gasteiger partial charge on any atom is -0.301 e. The van der Waals surface area contributed by atoms with Gasteiger partial charge in [0.25, 0.3) is 5.56 Å². The average Bonchev–Trinajstić information content (AvgIpc) is 2.59. The largest absolute Gasteiger partial charge is 0.301 e. The summed E-state index contributed by atoms with van der Waals surface area (Å²) in [5.41, 5.74) is 0.930. The Hall–Kier alpha value is -1.72. The summed E-state index contributed by atoms with van der Waals surface area (Å²) < 4.78 is 1.63. The minimum atomic E-state index is 0.0124. The molecule has 1 aromatic heterocycles. The fourth-order valence-electron chi connectivity index (χ4n) is 3.28. The first-order valence-corrected chi connectivity index (χ1v) is 8.96. The van der Waals surface area contributed by atoms with E-state index in [1.54, 1.807) is 4.68 Å². The highest BCUT2D eigenvalue weighted by Gasteiger charge is 2.18. The first kappa shape index (κ1) is 17.1. The van der Waals surface area contributed by atoms with Crippen LogP contribution in [0.15, 0.2) is 29.1 Å². The number of rotatable bonds is 5. The number of benzene rings is 1. The second-order valence-electron chi connectivity index (χ2n) is 7.22. The zero-order valence-electron chi connectivity index (χ0n) is 15.0. The lowest BCUT2D eigenvalue weighted by molar-refractivity contribution is 0.0983. The molecule has 0 bridgehead atoms. The molecule has 5 nitrogen and oxygen atoms in total. The van der Waals surface area contributed by atoms with E-state index in [9.17, 15) is 4.79 Å². The standard InChI is InChI=1S/C19H28N4O/c1-15(2)8-9-21-10-12-22(13-11-21)14-23-19(24)18-7-5-4-6-17(18)16(3)20-23/h4-7,15H,8-14H2,1-3H3. The summed E-state index contributed by atoms with van der Waals surface area (Å²) >= 11 is 0. The Morgan fingerprint density at radius 1 is 1.04 bits per heavy atom. The Morgan fingerprint density at radius 3 is 2.33 bits per heavy atom. The average molecular weight is 328 g/mol. The van der Waals surface area contributed by atoms with E-state index in [2.05, 4.69) is 28.7 Å². The molecule has 24 heavy (non-hydrogen) atoms. The summed E-state index contributed by atoms with van der Waals surface area (Å²) in [4.78, 5) is 17.5. The minimum absolute atomic E-state index is 0.0124. The first-order valence-electron chi connectivity index (χ1n) is 8.96. The highest BCUT2D eigenvalue weighted by Crippen LogP contribution is 2.12. The fraction of sp³-hybridized carbons (Fsp3) is 0.579. The van der Waals surface area contributed by atoms with Crippen molar-refractivity contribution in [1.82, 2.24) is 19.6 Å². The zero-order valence-corrected chi connectivity index (χ0v) is 15.0. The van der Waals surface area contributed by atoms with Crippen molar-refractivity contribution in [3.8, 4) is 0 Å². The van der Waals surface area contributed by atoms with Crippen molar-refractivity contribution in [2.75, 3.05) is 32.7 Å². The summed E-state index contributed by atoms with van der Waals surface area (Å²) in [6, 6.07) is 7.74. The molecule has 0 amide bonds. The normalized spacial score (nSPS) is 17.0.